The second-order valence-corrected chi connectivity index (χ2v) is 10.5. The number of allylic oxidation sites excluding steroid dienone is 2. The van der Waals surface area contributed by atoms with Gasteiger partial charge >= 0.3 is 0 Å². The van der Waals surface area contributed by atoms with E-state index >= 15 is 0 Å². The minimum atomic E-state index is -0.326. The average Bonchev–Trinajstić information content (AvgIpc) is 3.55. The number of imide groups is 1. The summed E-state index contributed by atoms with van der Waals surface area (Å²) >= 11 is 9.55. The second-order valence-electron chi connectivity index (χ2n) is 9.25. The lowest BCUT2D eigenvalue weighted by atomic mass is 9.63. The Morgan fingerprint density at radius 1 is 1.06 bits per heavy atom. The Bertz CT molecular complexity index is 1210. The number of rotatable bonds is 3. The van der Waals surface area contributed by atoms with Crippen LogP contribution in [-0.2, 0) is 9.59 Å². The molecule has 1 N–H and O–H groups in total. The van der Waals surface area contributed by atoms with Crippen LogP contribution in [-0.4, -0.2) is 17.7 Å². The first kappa shape index (κ1) is 20.2. The Hall–Kier alpha value is -2.44. The molecular formula is C25H20BrClN2O3. The maximum Gasteiger partial charge on any atom is 0.255 e. The van der Waals surface area contributed by atoms with Crippen LogP contribution in [0.5, 0.6) is 0 Å². The van der Waals surface area contributed by atoms with Crippen LogP contribution >= 0.6 is 27.5 Å². The van der Waals surface area contributed by atoms with E-state index in [4.69, 9.17) is 11.6 Å². The first-order chi connectivity index (χ1) is 15.3. The smallest absolute Gasteiger partial charge is 0.255 e. The molecule has 0 aromatic heterocycles. The van der Waals surface area contributed by atoms with Crippen molar-refractivity contribution in [3.05, 3.63) is 69.2 Å². The molecule has 0 spiro atoms. The van der Waals surface area contributed by atoms with Crippen molar-refractivity contribution in [1.29, 1.82) is 0 Å². The lowest BCUT2D eigenvalue weighted by Gasteiger charge is -2.37. The van der Waals surface area contributed by atoms with Gasteiger partial charge in [-0.05, 0) is 88.8 Å². The van der Waals surface area contributed by atoms with Gasteiger partial charge in [0.25, 0.3) is 5.91 Å². The molecule has 1 saturated heterocycles. The minimum absolute atomic E-state index is 0.127. The first-order valence-corrected chi connectivity index (χ1v) is 12.0. The number of hydrogen-bond acceptors (Lipinski definition) is 3. The van der Waals surface area contributed by atoms with Crippen molar-refractivity contribution in [1.82, 2.24) is 0 Å². The van der Waals surface area contributed by atoms with E-state index in [9.17, 15) is 14.4 Å². The summed E-state index contributed by atoms with van der Waals surface area (Å²) in [6, 6.07) is 10.3. The van der Waals surface area contributed by atoms with Gasteiger partial charge in [-0.2, -0.15) is 0 Å². The number of hydrogen-bond donors (Lipinski definition) is 1. The summed E-state index contributed by atoms with van der Waals surface area (Å²) in [7, 11) is 0. The number of carbonyl (C=O) groups is 3. The van der Waals surface area contributed by atoms with Crippen LogP contribution in [0.4, 0.5) is 11.4 Å². The highest BCUT2D eigenvalue weighted by Crippen LogP contribution is 2.65. The zero-order valence-corrected chi connectivity index (χ0v) is 19.6. The number of anilines is 2. The summed E-state index contributed by atoms with van der Waals surface area (Å²) in [4.78, 5) is 40.9. The molecule has 5 nitrogen and oxygen atoms in total. The van der Waals surface area contributed by atoms with Gasteiger partial charge in [-0.15, -0.1) is 0 Å². The maximum atomic E-state index is 13.3. The summed E-state index contributed by atoms with van der Waals surface area (Å²) in [6.07, 6.45) is 5.44. The van der Waals surface area contributed by atoms with Crippen LogP contribution < -0.4 is 10.2 Å². The van der Waals surface area contributed by atoms with E-state index in [1.807, 2.05) is 13.0 Å². The Balaban J connectivity index is 1.28. The summed E-state index contributed by atoms with van der Waals surface area (Å²) in [5.74, 6) is 0.365. The van der Waals surface area contributed by atoms with Gasteiger partial charge < -0.3 is 5.32 Å². The third-order valence-corrected chi connectivity index (χ3v) is 8.74. The van der Waals surface area contributed by atoms with Crippen molar-refractivity contribution in [2.24, 2.45) is 35.5 Å². The number of carbonyl (C=O) groups excluding carboxylic acids is 3. The van der Waals surface area contributed by atoms with Crippen LogP contribution in [0, 0.1) is 42.4 Å². The maximum absolute atomic E-state index is 13.3. The SMILES string of the molecule is Cc1cc(Br)c(Cl)cc1NC(=O)c1cccc(N2C(=O)[C@@H]3[C@H]4C=C[C@@H]([C@@H]5C[C@@H]45)[C@@H]3C2=O)c1. The second kappa shape index (κ2) is 7.03. The predicted octanol–water partition coefficient (Wildman–Crippen LogP) is 5.22. The van der Waals surface area contributed by atoms with Gasteiger partial charge in [0.2, 0.25) is 11.8 Å². The van der Waals surface area contributed by atoms with Crippen LogP contribution in [0.2, 0.25) is 5.02 Å². The largest absolute Gasteiger partial charge is 0.322 e. The molecule has 6 atom stereocenters. The molecular weight excluding hydrogens is 492 g/mol. The van der Waals surface area contributed by atoms with Crippen molar-refractivity contribution in [2.75, 3.05) is 10.2 Å². The molecule has 5 aliphatic rings. The zero-order valence-electron chi connectivity index (χ0n) is 17.2. The molecule has 0 radical (unpaired) electrons. The molecule has 2 aromatic carbocycles. The van der Waals surface area contributed by atoms with E-state index in [1.165, 1.54) is 4.90 Å². The van der Waals surface area contributed by atoms with Crippen molar-refractivity contribution in [3.63, 3.8) is 0 Å². The van der Waals surface area contributed by atoms with E-state index in [0.717, 1.165) is 16.5 Å². The van der Waals surface area contributed by atoms with Crippen LogP contribution in [0.1, 0.15) is 22.3 Å². The average molecular weight is 512 g/mol. The molecule has 1 heterocycles. The van der Waals surface area contributed by atoms with Gasteiger partial charge in [-0.3, -0.25) is 14.4 Å². The third-order valence-electron chi connectivity index (χ3n) is 7.54. The highest BCUT2D eigenvalue weighted by molar-refractivity contribution is 9.10. The molecule has 2 saturated carbocycles. The van der Waals surface area contributed by atoms with Crippen LogP contribution in [0.15, 0.2) is 53.0 Å². The molecule has 3 amide bonds. The van der Waals surface area contributed by atoms with Crippen LogP contribution in [0.25, 0.3) is 0 Å². The summed E-state index contributed by atoms with van der Waals surface area (Å²) < 4.78 is 0.755. The minimum Gasteiger partial charge on any atom is -0.322 e. The highest BCUT2D eigenvalue weighted by Gasteiger charge is 2.67. The van der Waals surface area contributed by atoms with Crippen molar-refractivity contribution in [2.45, 2.75) is 13.3 Å². The number of aryl methyl sites for hydroxylation is 1. The van der Waals surface area contributed by atoms with Crippen molar-refractivity contribution >= 4 is 56.6 Å². The quantitative estimate of drug-likeness (QED) is 0.454. The fourth-order valence-electron chi connectivity index (χ4n) is 5.97. The first-order valence-electron chi connectivity index (χ1n) is 10.8. The number of nitrogens with one attached hydrogen (secondary N) is 1. The molecule has 0 unspecified atom stereocenters. The lowest BCUT2D eigenvalue weighted by Crippen LogP contribution is -2.40. The fraction of sp³-hybridized carbons (Fsp3) is 0.320. The normalized spacial score (nSPS) is 31.5. The van der Waals surface area contributed by atoms with Gasteiger partial charge in [0.05, 0.1) is 22.5 Å². The van der Waals surface area contributed by atoms with Gasteiger partial charge in [-0.1, -0.05) is 29.8 Å². The van der Waals surface area contributed by atoms with E-state index in [1.54, 1.807) is 30.3 Å². The molecule has 162 valence electrons. The molecule has 32 heavy (non-hydrogen) atoms. The summed E-state index contributed by atoms with van der Waals surface area (Å²) in [5.41, 5.74) is 2.30. The zero-order chi connectivity index (χ0) is 22.3. The van der Waals surface area contributed by atoms with Gasteiger partial charge in [0.15, 0.2) is 0 Å². The Morgan fingerprint density at radius 3 is 2.38 bits per heavy atom. The van der Waals surface area contributed by atoms with E-state index in [-0.39, 0.29) is 41.4 Å². The van der Waals surface area contributed by atoms with E-state index < -0.39 is 0 Å². The Labute approximate surface area is 198 Å². The highest BCUT2D eigenvalue weighted by atomic mass is 79.9. The van der Waals surface area contributed by atoms with Crippen LogP contribution in [0.3, 0.4) is 0 Å². The van der Waals surface area contributed by atoms with Gasteiger partial charge in [0.1, 0.15) is 0 Å². The monoisotopic (exact) mass is 510 g/mol. The number of nitrogens with zero attached hydrogens (tertiary/aromatic N) is 1. The summed E-state index contributed by atoms with van der Waals surface area (Å²) in [5, 5.41) is 3.37. The predicted molar refractivity (Wildman–Crippen MR) is 125 cm³/mol. The molecule has 4 aliphatic carbocycles. The Morgan fingerprint density at radius 2 is 1.72 bits per heavy atom. The van der Waals surface area contributed by atoms with Crippen molar-refractivity contribution < 1.29 is 14.4 Å². The molecule has 7 rings (SSSR count). The number of benzene rings is 2. The fourth-order valence-corrected chi connectivity index (χ4v) is 6.59. The summed E-state index contributed by atoms with van der Waals surface area (Å²) in [6.45, 7) is 1.88. The Kier molecular flexibility index (Phi) is 4.43. The third kappa shape index (κ3) is 2.85. The molecule has 2 aromatic rings. The van der Waals surface area contributed by atoms with E-state index in [2.05, 4.69) is 33.4 Å². The van der Waals surface area contributed by atoms with Gasteiger partial charge in [-0.25, -0.2) is 4.90 Å². The number of halogens is 2. The van der Waals surface area contributed by atoms with E-state index in [0.29, 0.717) is 33.8 Å². The standard InChI is InChI=1S/C25H20BrClN2O3/c1-11-7-18(26)19(27)10-20(11)28-23(30)12-3-2-4-13(8-12)29-24(31)21-14-5-6-15(17-9-16(14)17)22(21)25(29)32/h2-8,10,14-17,21-22H,9H2,1H3,(H,28,30)/t14-,15-,16-,17-,21-,22+/m0/s1. The lowest BCUT2D eigenvalue weighted by molar-refractivity contribution is -0.124. The van der Waals surface area contributed by atoms with Gasteiger partial charge in [0, 0.05) is 15.7 Å². The molecule has 3 fully saturated rings. The number of amides is 3. The topological polar surface area (TPSA) is 66.5 Å². The molecule has 2 bridgehead atoms. The van der Waals surface area contributed by atoms with Crippen molar-refractivity contribution in [3.8, 4) is 0 Å². The molecule has 7 heteroatoms. The molecule has 1 aliphatic heterocycles.